The molecule has 2 aromatic heterocycles. The molecule has 1 unspecified atom stereocenters. The van der Waals surface area contributed by atoms with Crippen molar-refractivity contribution in [2.75, 3.05) is 0 Å². The van der Waals surface area contributed by atoms with Crippen LogP contribution >= 0.6 is 0 Å². The predicted octanol–water partition coefficient (Wildman–Crippen LogP) is 2.24. The molecule has 2 heterocycles. The molecule has 0 amide bonds. The number of hydrogen-bond acceptors (Lipinski definition) is 5. The van der Waals surface area contributed by atoms with Crippen LogP contribution in [0.5, 0.6) is 0 Å². The minimum atomic E-state index is -4.50. The van der Waals surface area contributed by atoms with Crippen LogP contribution in [0.2, 0.25) is 0 Å². The van der Waals surface area contributed by atoms with Crippen molar-refractivity contribution in [1.82, 2.24) is 25.2 Å². The number of halogens is 3. The summed E-state index contributed by atoms with van der Waals surface area (Å²) in [5.74, 6) is 0.783. The van der Waals surface area contributed by atoms with Gasteiger partial charge in [-0.15, -0.1) is 15.3 Å². The van der Waals surface area contributed by atoms with Gasteiger partial charge in [-0.3, -0.25) is 0 Å². The summed E-state index contributed by atoms with van der Waals surface area (Å²) in [5.41, 5.74) is -1.05. The zero-order valence-electron chi connectivity index (χ0n) is 10.3. The van der Waals surface area contributed by atoms with Crippen LogP contribution in [0.4, 0.5) is 13.2 Å². The summed E-state index contributed by atoms with van der Waals surface area (Å²) in [7, 11) is 0. The average Bonchev–Trinajstić information content (AvgIpc) is 2.97. The molecule has 6 nitrogen and oxygen atoms in total. The van der Waals surface area contributed by atoms with Gasteiger partial charge in [-0.05, 0) is 6.42 Å². The van der Waals surface area contributed by atoms with Crippen LogP contribution in [0, 0.1) is 0 Å². The minimum absolute atomic E-state index is 0.0352. The third-order valence-corrected chi connectivity index (χ3v) is 2.64. The summed E-state index contributed by atoms with van der Waals surface area (Å²) in [6, 6.07) is 0. The first kappa shape index (κ1) is 13.5. The zero-order chi connectivity index (χ0) is 14.0. The maximum absolute atomic E-state index is 12.3. The molecular weight excluding hydrogens is 263 g/mol. The predicted molar refractivity (Wildman–Crippen MR) is 57.1 cm³/mol. The van der Waals surface area contributed by atoms with Gasteiger partial charge in [-0.2, -0.15) is 13.2 Å². The molecule has 0 aliphatic carbocycles. The molecule has 9 heteroatoms. The fourth-order valence-corrected chi connectivity index (χ4v) is 1.35. The van der Waals surface area contributed by atoms with Crippen LogP contribution in [-0.4, -0.2) is 25.2 Å². The van der Waals surface area contributed by atoms with Crippen molar-refractivity contribution in [2.24, 2.45) is 0 Å². The van der Waals surface area contributed by atoms with Crippen LogP contribution in [-0.2, 0) is 12.7 Å². The van der Waals surface area contributed by atoms with Gasteiger partial charge in [0, 0.05) is 5.92 Å². The van der Waals surface area contributed by atoms with E-state index in [9.17, 15) is 13.2 Å². The molecule has 1 atom stereocenters. The van der Waals surface area contributed by atoms with Crippen LogP contribution in [0.1, 0.15) is 43.7 Å². The Morgan fingerprint density at radius 3 is 2.63 bits per heavy atom. The van der Waals surface area contributed by atoms with E-state index in [4.69, 9.17) is 4.42 Å². The monoisotopic (exact) mass is 275 g/mol. The maximum Gasteiger partial charge on any atom is 0.436 e. The minimum Gasteiger partial charge on any atom is -0.423 e. The van der Waals surface area contributed by atoms with Gasteiger partial charge >= 0.3 is 6.18 Å². The molecule has 0 saturated carbocycles. The molecule has 0 fully saturated rings. The Morgan fingerprint density at radius 1 is 1.32 bits per heavy atom. The summed E-state index contributed by atoms with van der Waals surface area (Å²) in [6.07, 6.45) is -2.87. The Balaban J connectivity index is 2.09. The second-order valence-corrected chi connectivity index (χ2v) is 4.14. The number of hydrogen-bond donors (Lipinski definition) is 0. The molecule has 0 bridgehead atoms. The lowest BCUT2D eigenvalue weighted by molar-refractivity contribution is -0.141. The van der Waals surface area contributed by atoms with Gasteiger partial charge in [0.05, 0.1) is 6.20 Å². The topological polar surface area (TPSA) is 69.6 Å². The summed E-state index contributed by atoms with van der Waals surface area (Å²) in [5, 5.41) is 14.0. The number of rotatable bonds is 4. The molecule has 0 radical (unpaired) electrons. The second kappa shape index (κ2) is 4.98. The first-order valence-electron chi connectivity index (χ1n) is 5.69. The van der Waals surface area contributed by atoms with Gasteiger partial charge in [0.1, 0.15) is 6.54 Å². The third-order valence-electron chi connectivity index (χ3n) is 2.64. The molecule has 0 spiro atoms. The SMILES string of the molecule is CCC(C)c1nnc(Cn2cc(C(F)(F)F)nn2)o1. The summed E-state index contributed by atoms with van der Waals surface area (Å²) in [6.45, 7) is 3.86. The quantitative estimate of drug-likeness (QED) is 0.855. The fourth-order valence-electron chi connectivity index (χ4n) is 1.35. The van der Waals surface area contributed by atoms with E-state index in [-0.39, 0.29) is 18.4 Å². The van der Waals surface area contributed by atoms with Crippen molar-refractivity contribution >= 4 is 0 Å². The molecule has 104 valence electrons. The molecule has 0 N–H and O–H groups in total. The van der Waals surface area contributed by atoms with E-state index in [0.717, 1.165) is 17.3 Å². The van der Waals surface area contributed by atoms with Gasteiger partial charge in [0.2, 0.25) is 11.8 Å². The van der Waals surface area contributed by atoms with Gasteiger partial charge in [0.25, 0.3) is 0 Å². The first-order chi connectivity index (χ1) is 8.90. The Kier molecular flexibility index (Phi) is 3.54. The lowest BCUT2D eigenvalue weighted by Crippen LogP contribution is -2.05. The van der Waals surface area contributed by atoms with Crippen molar-refractivity contribution in [2.45, 2.75) is 38.9 Å². The van der Waals surface area contributed by atoms with Crippen LogP contribution in [0.25, 0.3) is 0 Å². The number of nitrogens with zero attached hydrogens (tertiary/aromatic N) is 5. The molecule has 0 aliphatic rings. The van der Waals surface area contributed by atoms with Gasteiger partial charge in [-0.1, -0.05) is 19.1 Å². The van der Waals surface area contributed by atoms with E-state index in [1.54, 1.807) is 0 Å². The Labute approximate surface area is 106 Å². The molecule has 0 saturated heterocycles. The lowest BCUT2D eigenvalue weighted by atomic mass is 10.1. The molecule has 0 aromatic carbocycles. The van der Waals surface area contributed by atoms with E-state index in [0.29, 0.717) is 5.89 Å². The highest BCUT2D eigenvalue weighted by Gasteiger charge is 2.34. The Morgan fingerprint density at radius 2 is 2.05 bits per heavy atom. The van der Waals surface area contributed by atoms with Crippen LogP contribution in [0.3, 0.4) is 0 Å². The van der Waals surface area contributed by atoms with Crippen molar-refractivity contribution in [1.29, 1.82) is 0 Å². The smallest absolute Gasteiger partial charge is 0.423 e. The van der Waals surface area contributed by atoms with Crippen LogP contribution < -0.4 is 0 Å². The Bertz CT molecular complexity index is 547. The van der Waals surface area contributed by atoms with E-state index < -0.39 is 11.9 Å². The summed E-state index contributed by atoms with van der Waals surface area (Å²) in [4.78, 5) is 0. The van der Waals surface area contributed by atoms with Gasteiger partial charge in [-0.25, -0.2) is 4.68 Å². The molecule has 2 aromatic rings. The second-order valence-electron chi connectivity index (χ2n) is 4.14. The first-order valence-corrected chi connectivity index (χ1v) is 5.69. The fraction of sp³-hybridized carbons (Fsp3) is 0.600. The molecule has 0 aliphatic heterocycles. The molecular formula is C10H12F3N5O. The number of alkyl halides is 3. The molecule has 2 rings (SSSR count). The van der Waals surface area contributed by atoms with E-state index in [1.165, 1.54) is 0 Å². The lowest BCUT2D eigenvalue weighted by Gasteiger charge is -2.00. The van der Waals surface area contributed by atoms with Crippen LogP contribution in [0.15, 0.2) is 10.6 Å². The normalized spacial score (nSPS) is 13.7. The highest BCUT2D eigenvalue weighted by molar-refractivity contribution is 4.98. The Hall–Kier alpha value is -1.93. The molecule has 19 heavy (non-hydrogen) atoms. The number of aromatic nitrogens is 5. The van der Waals surface area contributed by atoms with Crippen molar-refractivity contribution in [3.05, 3.63) is 23.7 Å². The summed E-state index contributed by atoms with van der Waals surface area (Å²) < 4.78 is 43.3. The maximum atomic E-state index is 12.3. The van der Waals surface area contributed by atoms with Gasteiger partial charge < -0.3 is 4.42 Å². The zero-order valence-corrected chi connectivity index (χ0v) is 10.3. The third kappa shape index (κ3) is 3.09. The average molecular weight is 275 g/mol. The van der Waals surface area contributed by atoms with Gasteiger partial charge in [0.15, 0.2) is 5.69 Å². The van der Waals surface area contributed by atoms with Crippen molar-refractivity contribution in [3.8, 4) is 0 Å². The highest BCUT2D eigenvalue weighted by atomic mass is 19.4. The van der Waals surface area contributed by atoms with E-state index >= 15 is 0 Å². The van der Waals surface area contributed by atoms with Crippen molar-refractivity contribution < 1.29 is 17.6 Å². The van der Waals surface area contributed by atoms with E-state index in [1.807, 2.05) is 13.8 Å². The summed E-state index contributed by atoms with van der Waals surface area (Å²) >= 11 is 0. The highest BCUT2D eigenvalue weighted by Crippen LogP contribution is 2.26. The standard InChI is InChI=1S/C10H12F3N5O/c1-3-6(2)9-16-15-8(19-9)5-18-4-7(14-17-18)10(11,12)13/h4,6H,3,5H2,1-2H3. The van der Waals surface area contributed by atoms with Crippen molar-refractivity contribution in [3.63, 3.8) is 0 Å². The largest absolute Gasteiger partial charge is 0.436 e. The van der Waals surface area contributed by atoms with E-state index in [2.05, 4.69) is 20.5 Å².